The number of pyridine rings is 1. The van der Waals surface area contributed by atoms with Crippen molar-refractivity contribution in [3.05, 3.63) is 69.7 Å². The van der Waals surface area contributed by atoms with Gasteiger partial charge in [0.25, 0.3) is 5.56 Å². The van der Waals surface area contributed by atoms with Gasteiger partial charge in [-0.3, -0.25) is 19.5 Å². The molecule has 31 heavy (non-hydrogen) atoms. The molecule has 162 valence electrons. The van der Waals surface area contributed by atoms with Crippen molar-refractivity contribution in [3.8, 4) is 0 Å². The van der Waals surface area contributed by atoms with Crippen LogP contribution in [0.1, 0.15) is 60.8 Å². The van der Waals surface area contributed by atoms with Crippen LogP contribution >= 0.6 is 0 Å². The van der Waals surface area contributed by atoms with E-state index in [2.05, 4.69) is 33.1 Å². The van der Waals surface area contributed by atoms with E-state index < -0.39 is 0 Å². The number of nitrogens with zero attached hydrogens (tertiary/aromatic N) is 4. The largest absolute Gasteiger partial charge is 0.332 e. The third kappa shape index (κ3) is 4.19. The van der Waals surface area contributed by atoms with Gasteiger partial charge >= 0.3 is 0 Å². The van der Waals surface area contributed by atoms with Crippen LogP contribution in [0.2, 0.25) is 0 Å². The quantitative estimate of drug-likeness (QED) is 0.771. The standard InChI is InChI=1S/C24H29N5O2/c30-23-19-16-28(15-17-6-4-11-25-14-17)13-10-20(19)26-22(27-23)21-9-5-12-29(21)24(31)18-7-2-1-3-8-18/h1-2,4,6,11,14,18,21H,3,5,7-10,12-13,15-16H2,(H,26,27,30)/t18-,21+/m0/s1. The van der Waals surface area contributed by atoms with E-state index in [0.717, 1.165) is 75.0 Å². The number of allylic oxidation sites excluding steroid dienone is 2. The van der Waals surface area contributed by atoms with Crippen LogP contribution < -0.4 is 5.56 Å². The molecule has 4 heterocycles. The van der Waals surface area contributed by atoms with Crippen LogP contribution in [0.5, 0.6) is 0 Å². The Morgan fingerprint density at radius 1 is 1.23 bits per heavy atom. The minimum Gasteiger partial charge on any atom is -0.332 e. The van der Waals surface area contributed by atoms with Crippen molar-refractivity contribution in [2.75, 3.05) is 13.1 Å². The maximum absolute atomic E-state index is 13.1. The second-order valence-corrected chi connectivity index (χ2v) is 8.87. The van der Waals surface area contributed by atoms with E-state index in [0.29, 0.717) is 12.4 Å². The summed E-state index contributed by atoms with van der Waals surface area (Å²) in [5, 5.41) is 0. The average Bonchev–Trinajstić information content (AvgIpc) is 3.30. The third-order valence-electron chi connectivity index (χ3n) is 6.76. The van der Waals surface area contributed by atoms with Crippen molar-refractivity contribution >= 4 is 5.91 Å². The first-order valence-electron chi connectivity index (χ1n) is 11.4. The van der Waals surface area contributed by atoms with Crippen LogP contribution in [-0.4, -0.2) is 43.7 Å². The molecular formula is C24H29N5O2. The summed E-state index contributed by atoms with van der Waals surface area (Å²) in [7, 11) is 0. The molecule has 3 aliphatic rings. The summed E-state index contributed by atoms with van der Waals surface area (Å²) in [6, 6.07) is 3.89. The first kappa shape index (κ1) is 20.1. The molecule has 2 atom stereocenters. The van der Waals surface area contributed by atoms with Gasteiger partial charge in [-0.1, -0.05) is 18.2 Å². The predicted octanol–water partition coefficient (Wildman–Crippen LogP) is 2.74. The molecule has 5 rings (SSSR count). The monoisotopic (exact) mass is 419 g/mol. The number of fused-ring (bicyclic) bond motifs is 1. The average molecular weight is 420 g/mol. The zero-order valence-corrected chi connectivity index (χ0v) is 17.8. The van der Waals surface area contributed by atoms with E-state index in [9.17, 15) is 9.59 Å². The predicted molar refractivity (Wildman–Crippen MR) is 117 cm³/mol. The fourth-order valence-corrected chi connectivity index (χ4v) is 5.11. The number of carbonyl (C=O) groups is 1. The summed E-state index contributed by atoms with van der Waals surface area (Å²) in [5.41, 5.74) is 2.73. The Labute approximate surface area is 182 Å². The van der Waals surface area contributed by atoms with Gasteiger partial charge in [-0.25, -0.2) is 4.98 Å². The molecule has 0 saturated carbocycles. The highest BCUT2D eigenvalue weighted by atomic mass is 16.2. The van der Waals surface area contributed by atoms with Crippen LogP contribution in [0.25, 0.3) is 0 Å². The molecule has 0 aromatic carbocycles. The van der Waals surface area contributed by atoms with Gasteiger partial charge in [-0.2, -0.15) is 0 Å². The summed E-state index contributed by atoms with van der Waals surface area (Å²) in [5.74, 6) is 0.951. The van der Waals surface area contributed by atoms with Crippen molar-refractivity contribution in [2.45, 2.75) is 57.7 Å². The Kier molecular flexibility index (Phi) is 5.68. The van der Waals surface area contributed by atoms with Crippen LogP contribution in [0.4, 0.5) is 0 Å². The van der Waals surface area contributed by atoms with Crippen molar-refractivity contribution in [2.24, 2.45) is 5.92 Å². The zero-order chi connectivity index (χ0) is 21.2. The lowest BCUT2D eigenvalue weighted by Crippen LogP contribution is -2.39. The molecule has 0 bridgehead atoms. The SMILES string of the molecule is O=C([C@H]1CC=CCC1)N1CCC[C@@H]1c1nc2c(c(=O)[nH]1)CN(Cc1cccnc1)CC2. The fourth-order valence-electron chi connectivity index (χ4n) is 5.11. The van der Waals surface area contributed by atoms with E-state index in [-0.39, 0.29) is 23.4 Å². The lowest BCUT2D eigenvalue weighted by atomic mass is 9.93. The maximum Gasteiger partial charge on any atom is 0.255 e. The molecule has 7 nitrogen and oxygen atoms in total. The van der Waals surface area contributed by atoms with E-state index in [1.807, 2.05) is 17.2 Å². The van der Waals surface area contributed by atoms with Gasteiger partial charge < -0.3 is 9.88 Å². The minimum atomic E-state index is -0.107. The summed E-state index contributed by atoms with van der Waals surface area (Å²) in [4.78, 5) is 42.4. The van der Waals surface area contributed by atoms with Gasteiger partial charge in [-0.15, -0.1) is 0 Å². The van der Waals surface area contributed by atoms with Crippen molar-refractivity contribution in [1.29, 1.82) is 0 Å². The molecule has 1 N–H and O–H groups in total. The smallest absolute Gasteiger partial charge is 0.255 e. The third-order valence-corrected chi connectivity index (χ3v) is 6.76. The summed E-state index contributed by atoms with van der Waals surface area (Å²) in [6.45, 7) is 2.98. The van der Waals surface area contributed by atoms with E-state index in [1.54, 1.807) is 6.20 Å². The normalized spacial score (nSPS) is 23.7. The molecule has 7 heteroatoms. The highest BCUT2D eigenvalue weighted by Gasteiger charge is 2.36. The number of hydrogen-bond acceptors (Lipinski definition) is 5. The summed E-state index contributed by atoms with van der Waals surface area (Å²) >= 11 is 0. The Morgan fingerprint density at radius 3 is 2.97 bits per heavy atom. The zero-order valence-electron chi connectivity index (χ0n) is 17.8. The highest BCUT2D eigenvalue weighted by Crippen LogP contribution is 2.33. The Hall–Kier alpha value is -2.80. The molecule has 0 radical (unpaired) electrons. The number of H-pyrrole nitrogens is 1. The molecule has 1 saturated heterocycles. The molecular weight excluding hydrogens is 390 g/mol. The molecule has 1 fully saturated rings. The summed E-state index contributed by atoms with van der Waals surface area (Å²) < 4.78 is 0. The van der Waals surface area contributed by atoms with Crippen LogP contribution in [0.3, 0.4) is 0 Å². The molecule has 1 amide bonds. The number of likely N-dealkylation sites (tertiary alicyclic amines) is 1. The first-order valence-corrected chi connectivity index (χ1v) is 11.4. The van der Waals surface area contributed by atoms with Gasteiger partial charge in [0.15, 0.2) is 0 Å². The van der Waals surface area contributed by atoms with Crippen molar-refractivity contribution in [1.82, 2.24) is 24.8 Å². The molecule has 0 spiro atoms. The van der Waals surface area contributed by atoms with E-state index in [1.165, 1.54) is 0 Å². The van der Waals surface area contributed by atoms with Crippen LogP contribution in [0.15, 0.2) is 41.5 Å². The number of aromatic amines is 1. The molecule has 0 unspecified atom stereocenters. The highest BCUT2D eigenvalue weighted by molar-refractivity contribution is 5.80. The number of nitrogens with one attached hydrogen (secondary N) is 1. The topological polar surface area (TPSA) is 82.2 Å². The summed E-state index contributed by atoms with van der Waals surface area (Å²) in [6.07, 6.45) is 13.2. The second-order valence-electron chi connectivity index (χ2n) is 8.87. The molecule has 2 aromatic rings. The van der Waals surface area contributed by atoms with E-state index in [4.69, 9.17) is 4.98 Å². The Balaban J connectivity index is 1.33. The lowest BCUT2D eigenvalue weighted by Gasteiger charge is -2.31. The van der Waals surface area contributed by atoms with Gasteiger partial charge in [0, 0.05) is 50.9 Å². The van der Waals surface area contributed by atoms with Gasteiger partial charge in [-0.05, 0) is 43.7 Å². The number of rotatable bonds is 4. The van der Waals surface area contributed by atoms with Crippen molar-refractivity contribution in [3.63, 3.8) is 0 Å². The minimum absolute atomic E-state index is 0.0595. The van der Waals surface area contributed by atoms with E-state index >= 15 is 0 Å². The van der Waals surface area contributed by atoms with Gasteiger partial charge in [0.2, 0.25) is 5.91 Å². The number of aromatic nitrogens is 3. The molecule has 1 aliphatic carbocycles. The Morgan fingerprint density at radius 2 is 2.16 bits per heavy atom. The second kappa shape index (κ2) is 8.75. The number of carbonyl (C=O) groups excluding carboxylic acids is 1. The van der Waals surface area contributed by atoms with Crippen molar-refractivity contribution < 1.29 is 4.79 Å². The maximum atomic E-state index is 13.1. The number of amides is 1. The van der Waals surface area contributed by atoms with Crippen LogP contribution in [0, 0.1) is 5.92 Å². The number of hydrogen-bond donors (Lipinski definition) is 1. The Bertz CT molecular complexity index is 1030. The first-order chi connectivity index (χ1) is 15.2. The molecule has 2 aromatic heterocycles. The van der Waals surface area contributed by atoms with Crippen LogP contribution in [-0.2, 0) is 24.3 Å². The van der Waals surface area contributed by atoms with Gasteiger partial charge in [0.1, 0.15) is 5.82 Å². The molecule has 2 aliphatic heterocycles. The lowest BCUT2D eigenvalue weighted by molar-refractivity contribution is -0.136. The van der Waals surface area contributed by atoms with Gasteiger partial charge in [0.05, 0.1) is 17.3 Å². The fraction of sp³-hybridized carbons (Fsp3) is 0.500.